The van der Waals surface area contributed by atoms with Crippen molar-refractivity contribution in [2.45, 2.75) is 32.1 Å². The molecule has 2 fully saturated rings. The van der Waals surface area contributed by atoms with Crippen LogP contribution in [0.4, 0.5) is 0 Å². The molecule has 0 aliphatic carbocycles. The van der Waals surface area contributed by atoms with Crippen LogP contribution >= 0.6 is 0 Å². The fraction of sp³-hybridized carbons (Fsp3) is 0.440. The van der Waals surface area contributed by atoms with Crippen molar-refractivity contribution in [2.24, 2.45) is 4.99 Å². The summed E-state index contributed by atoms with van der Waals surface area (Å²) in [4.78, 5) is 21.1. The lowest BCUT2D eigenvalue weighted by Gasteiger charge is -2.37. The highest BCUT2D eigenvalue weighted by atomic mass is 16.5. The van der Waals surface area contributed by atoms with Crippen LogP contribution in [0.25, 0.3) is 0 Å². The number of nitrogens with one attached hydrogen (secondary N) is 1. The highest BCUT2D eigenvalue weighted by molar-refractivity contribution is 5.82. The predicted octanol–water partition coefficient (Wildman–Crippen LogP) is 2.66. The summed E-state index contributed by atoms with van der Waals surface area (Å²) in [7, 11) is 1.80. The molecular weight excluding hydrogens is 404 g/mol. The van der Waals surface area contributed by atoms with Gasteiger partial charge in [-0.05, 0) is 36.1 Å². The maximum atomic E-state index is 12.6. The molecule has 0 spiro atoms. The molecule has 0 aromatic heterocycles. The molecule has 2 heterocycles. The van der Waals surface area contributed by atoms with Gasteiger partial charge in [-0.3, -0.25) is 9.79 Å². The summed E-state index contributed by atoms with van der Waals surface area (Å²) in [5.41, 5.74) is 2.30. The largest absolute Gasteiger partial charge is 0.489 e. The first-order valence-electron chi connectivity index (χ1n) is 11.3. The molecule has 2 saturated heterocycles. The van der Waals surface area contributed by atoms with Crippen LogP contribution in [0.1, 0.15) is 24.0 Å². The van der Waals surface area contributed by atoms with Gasteiger partial charge in [-0.1, -0.05) is 42.5 Å². The van der Waals surface area contributed by atoms with Crippen molar-refractivity contribution in [2.75, 3.05) is 39.8 Å². The van der Waals surface area contributed by atoms with Gasteiger partial charge in [-0.25, -0.2) is 0 Å². The maximum absolute atomic E-state index is 12.6. The molecule has 1 N–H and O–H groups in total. The summed E-state index contributed by atoms with van der Waals surface area (Å²) < 4.78 is 11.4. The molecule has 1 unspecified atom stereocenters. The number of ether oxygens (including phenoxy) is 2. The zero-order valence-electron chi connectivity index (χ0n) is 18.7. The second-order valence-electron chi connectivity index (χ2n) is 8.14. The van der Waals surface area contributed by atoms with Crippen LogP contribution < -0.4 is 10.1 Å². The van der Waals surface area contributed by atoms with Crippen molar-refractivity contribution in [1.82, 2.24) is 15.1 Å². The first-order valence-corrected chi connectivity index (χ1v) is 11.3. The zero-order chi connectivity index (χ0) is 22.2. The third-order valence-corrected chi connectivity index (χ3v) is 5.90. The monoisotopic (exact) mass is 436 g/mol. The smallest absolute Gasteiger partial charge is 0.251 e. The molecule has 2 aliphatic heterocycles. The van der Waals surface area contributed by atoms with Gasteiger partial charge in [-0.2, -0.15) is 0 Å². The normalized spacial score (nSPS) is 19.2. The minimum atomic E-state index is -0.239. The van der Waals surface area contributed by atoms with Crippen molar-refractivity contribution in [3.8, 4) is 5.75 Å². The van der Waals surface area contributed by atoms with E-state index >= 15 is 0 Å². The Kier molecular flexibility index (Phi) is 7.61. The molecule has 2 aliphatic rings. The number of para-hydroxylation sites is 1. The quantitative estimate of drug-likeness (QED) is 0.557. The summed E-state index contributed by atoms with van der Waals surface area (Å²) in [6.45, 7) is 4.85. The van der Waals surface area contributed by atoms with E-state index in [-0.39, 0.29) is 12.0 Å². The van der Waals surface area contributed by atoms with Crippen LogP contribution in [0.3, 0.4) is 0 Å². The van der Waals surface area contributed by atoms with Crippen LogP contribution in [-0.2, 0) is 22.7 Å². The molecule has 4 rings (SSSR count). The highest BCUT2D eigenvalue weighted by Gasteiger charge is 2.30. The van der Waals surface area contributed by atoms with Crippen LogP contribution in [0.2, 0.25) is 0 Å². The average molecular weight is 437 g/mol. The lowest BCUT2D eigenvalue weighted by molar-refractivity contribution is -0.142. The molecular formula is C25H32N4O3. The van der Waals surface area contributed by atoms with E-state index in [0.717, 1.165) is 43.2 Å². The zero-order valence-corrected chi connectivity index (χ0v) is 18.7. The topological polar surface area (TPSA) is 66.4 Å². The van der Waals surface area contributed by atoms with E-state index in [0.29, 0.717) is 32.8 Å². The minimum Gasteiger partial charge on any atom is -0.489 e. The van der Waals surface area contributed by atoms with Crippen molar-refractivity contribution in [3.63, 3.8) is 0 Å². The molecule has 2 aromatic carbocycles. The fourth-order valence-electron chi connectivity index (χ4n) is 4.14. The number of carbonyl (C=O) groups excluding carboxylic acids is 1. The van der Waals surface area contributed by atoms with Gasteiger partial charge in [0.2, 0.25) is 0 Å². The summed E-state index contributed by atoms with van der Waals surface area (Å²) in [6.07, 6.45) is 1.58. The van der Waals surface area contributed by atoms with Crippen LogP contribution in [0, 0.1) is 0 Å². The van der Waals surface area contributed by atoms with Gasteiger partial charge < -0.3 is 24.6 Å². The fourth-order valence-corrected chi connectivity index (χ4v) is 4.14. The maximum Gasteiger partial charge on any atom is 0.251 e. The Labute approximate surface area is 190 Å². The number of nitrogens with zero attached hydrogens (tertiary/aromatic N) is 3. The number of rotatable bonds is 6. The first-order chi connectivity index (χ1) is 15.7. The van der Waals surface area contributed by atoms with E-state index in [1.165, 1.54) is 5.56 Å². The van der Waals surface area contributed by atoms with E-state index in [2.05, 4.69) is 39.5 Å². The van der Waals surface area contributed by atoms with Crippen molar-refractivity contribution >= 4 is 11.9 Å². The number of benzene rings is 2. The Morgan fingerprint density at radius 1 is 1.06 bits per heavy atom. The number of amides is 1. The Bertz CT molecular complexity index is 904. The molecule has 32 heavy (non-hydrogen) atoms. The van der Waals surface area contributed by atoms with E-state index in [1.807, 2.05) is 35.2 Å². The summed E-state index contributed by atoms with van der Waals surface area (Å²) in [5.74, 6) is 1.87. The highest BCUT2D eigenvalue weighted by Crippen LogP contribution is 2.16. The van der Waals surface area contributed by atoms with Gasteiger partial charge in [-0.15, -0.1) is 0 Å². The Morgan fingerprint density at radius 2 is 1.81 bits per heavy atom. The molecule has 0 bridgehead atoms. The standard InChI is InChI=1S/C25H32N4O3/c1-26-25(29-14-12-28(13-15-29)24(30)23-11-6-16-31-23)27-18-20-7-5-8-21(17-20)19-32-22-9-3-2-4-10-22/h2-5,7-10,17,23H,6,11-16,18-19H2,1H3,(H,26,27). The van der Waals surface area contributed by atoms with Gasteiger partial charge in [0.25, 0.3) is 5.91 Å². The third-order valence-electron chi connectivity index (χ3n) is 5.90. The molecule has 7 nitrogen and oxygen atoms in total. The SMILES string of the molecule is CN=C(NCc1cccc(COc2ccccc2)c1)N1CCN(C(=O)C2CCCO2)CC1. The Morgan fingerprint density at radius 3 is 2.53 bits per heavy atom. The number of piperazine rings is 1. The van der Waals surface area contributed by atoms with E-state index < -0.39 is 0 Å². The number of aliphatic imine (C=N–C) groups is 1. The summed E-state index contributed by atoms with van der Waals surface area (Å²) >= 11 is 0. The number of hydrogen-bond donors (Lipinski definition) is 1. The number of guanidine groups is 1. The van der Waals surface area contributed by atoms with Gasteiger partial charge in [0.05, 0.1) is 0 Å². The van der Waals surface area contributed by atoms with Gasteiger partial charge >= 0.3 is 0 Å². The predicted molar refractivity (Wildman–Crippen MR) is 125 cm³/mol. The molecule has 7 heteroatoms. The van der Waals surface area contributed by atoms with E-state index in [1.54, 1.807) is 7.05 Å². The second kappa shape index (κ2) is 11.0. The molecule has 1 atom stereocenters. The lowest BCUT2D eigenvalue weighted by Crippen LogP contribution is -2.55. The average Bonchev–Trinajstić information content (AvgIpc) is 3.39. The number of carbonyl (C=O) groups is 1. The Hall–Kier alpha value is -3.06. The number of hydrogen-bond acceptors (Lipinski definition) is 4. The molecule has 1 amide bonds. The van der Waals surface area contributed by atoms with Gasteiger partial charge in [0, 0.05) is 46.4 Å². The summed E-state index contributed by atoms with van der Waals surface area (Å²) in [6, 6.07) is 18.2. The summed E-state index contributed by atoms with van der Waals surface area (Å²) in [5, 5.41) is 3.46. The van der Waals surface area contributed by atoms with Crippen molar-refractivity contribution in [3.05, 3.63) is 65.7 Å². The minimum absolute atomic E-state index is 0.139. The van der Waals surface area contributed by atoms with Crippen LogP contribution in [0.15, 0.2) is 59.6 Å². The van der Waals surface area contributed by atoms with Gasteiger partial charge in [0.1, 0.15) is 18.5 Å². The Balaban J connectivity index is 1.25. The van der Waals surface area contributed by atoms with Crippen molar-refractivity contribution < 1.29 is 14.3 Å². The van der Waals surface area contributed by atoms with Gasteiger partial charge in [0.15, 0.2) is 5.96 Å². The lowest BCUT2D eigenvalue weighted by atomic mass is 10.1. The van der Waals surface area contributed by atoms with E-state index in [9.17, 15) is 4.79 Å². The van der Waals surface area contributed by atoms with E-state index in [4.69, 9.17) is 9.47 Å². The molecule has 0 radical (unpaired) electrons. The second-order valence-corrected chi connectivity index (χ2v) is 8.14. The van der Waals surface area contributed by atoms with Crippen LogP contribution in [0.5, 0.6) is 5.75 Å². The molecule has 0 saturated carbocycles. The molecule has 170 valence electrons. The molecule has 2 aromatic rings. The van der Waals surface area contributed by atoms with Crippen molar-refractivity contribution in [1.29, 1.82) is 0 Å². The first kappa shape index (κ1) is 22.1. The van der Waals surface area contributed by atoms with Crippen LogP contribution in [-0.4, -0.2) is 67.6 Å². The third kappa shape index (κ3) is 5.79.